The normalized spacial score (nSPS) is 10.0. The SMILES string of the molecule is O=[N+]([O-])c1ccc(-c2ccncn2)s1. The maximum atomic E-state index is 10.4. The van der Waals surface area contributed by atoms with E-state index in [2.05, 4.69) is 9.97 Å². The summed E-state index contributed by atoms with van der Waals surface area (Å²) in [5.41, 5.74) is 0.707. The van der Waals surface area contributed by atoms with E-state index in [9.17, 15) is 10.1 Å². The van der Waals surface area contributed by atoms with Crippen molar-refractivity contribution >= 4 is 16.3 Å². The lowest BCUT2D eigenvalue weighted by Crippen LogP contribution is -1.81. The molecule has 2 heterocycles. The number of aromatic nitrogens is 2. The smallest absolute Gasteiger partial charge is 0.258 e. The Morgan fingerprint density at radius 3 is 2.79 bits per heavy atom. The molecule has 2 aromatic heterocycles. The molecule has 0 spiro atoms. The molecule has 5 nitrogen and oxygen atoms in total. The van der Waals surface area contributed by atoms with Crippen molar-refractivity contribution in [2.24, 2.45) is 0 Å². The number of nitro groups is 1. The van der Waals surface area contributed by atoms with Crippen LogP contribution in [0.2, 0.25) is 0 Å². The third-order valence-corrected chi connectivity index (χ3v) is 2.67. The van der Waals surface area contributed by atoms with Crippen molar-refractivity contribution in [2.45, 2.75) is 0 Å². The average molecular weight is 207 g/mol. The lowest BCUT2D eigenvalue weighted by atomic mass is 10.3. The summed E-state index contributed by atoms with van der Waals surface area (Å²) < 4.78 is 0. The summed E-state index contributed by atoms with van der Waals surface area (Å²) in [5.74, 6) is 0. The molecule has 6 heteroatoms. The molecule has 70 valence electrons. The summed E-state index contributed by atoms with van der Waals surface area (Å²) in [6, 6.07) is 4.88. The van der Waals surface area contributed by atoms with Gasteiger partial charge in [-0.3, -0.25) is 10.1 Å². The zero-order chi connectivity index (χ0) is 9.97. The second-order valence-electron chi connectivity index (χ2n) is 2.49. The van der Waals surface area contributed by atoms with Gasteiger partial charge in [0.25, 0.3) is 0 Å². The van der Waals surface area contributed by atoms with E-state index in [1.54, 1.807) is 18.3 Å². The molecule has 0 atom stereocenters. The molecule has 0 aliphatic carbocycles. The molecule has 0 saturated heterocycles. The first-order valence-corrected chi connectivity index (χ1v) is 4.59. The molecule has 14 heavy (non-hydrogen) atoms. The van der Waals surface area contributed by atoms with E-state index in [0.717, 1.165) is 16.2 Å². The van der Waals surface area contributed by atoms with Gasteiger partial charge in [0.15, 0.2) is 0 Å². The number of nitrogens with zero attached hydrogens (tertiary/aromatic N) is 3. The van der Waals surface area contributed by atoms with Gasteiger partial charge in [0.05, 0.1) is 15.5 Å². The summed E-state index contributed by atoms with van der Waals surface area (Å²) in [5, 5.41) is 10.6. The fraction of sp³-hybridized carbons (Fsp3) is 0. The third kappa shape index (κ3) is 1.60. The van der Waals surface area contributed by atoms with Gasteiger partial charge in [0, 0.05) is 12.3 Å². The zero-order valence-corrected chi connectivity index (χ0v) is 7.77. The summed E-state index contributed by atoms with van der Waals surface area (Å²) in [7, 11) is 0. The van der Waals surface area contributed by atoms with Crippen LogP contribution in [0.5, 0.6) is 0 Å². The van der Waals surface area contributed by atoms with E-state index in [-0.39, 0.29) is 5.00 Å². The Morgan fingerprint density at radius 1 is 1.36 bits per heavy atom. The molecule has 0 bridgehead atoms. The van der Waals surface area contributed by atoms with Gasteiger partial charge in [-0.1, -0.05) is 11.3 Å². The van der Waals surface area contributed by atoms with E-state index >= 15 is 0 Å². The van der Waals surface area contributed by atoms with Crippen molar-refractivity contribution in [3.8, 4) is 10.6 Å². The van der Waals surface area contributed by atoms with Crippen LogP contribution in [0.4, 0.5) is 5.00 Å². The molecule has 0 fully saturated rings. The molecule has 0 aliphatic heterocycles. The average Bonchev–Trinajstić information content (AvgIpc) is 2.68. The minimum atomic E-state index is -0.407. The lowest BCUT2D eigenvalue weighted by Gasteiger charge is -1.91. The van der Waals surface area contributed by atoms with Crippen molar-refractivity contribution in [3.63, 3.8) is 0 Å². The molecular formula is C8H5N3O2S. The van der Waals surface area contributed by atoms with Crippen LogP contribution in [0.15, 0.2) is 30.7 Å². The van der Waals surface area contributed by atoms with Gasteiger partial charge < -0.3 is 0 Å². The molecule has 0 radical (unpaired) electrons. The molecule has 0 amide bonds. The molecule has 0 aromatic carbocycles. The van der Waals surface area contributed by atoms with E-state index in [1.165, 1.54) is 12.4 Å². The first-order valence-electron chi connectivity index (χ1n) is 3.78. The van der Waals surface area contributed by atoms with Crippen LogP contribution in [-0.4, -0.2) is 14.9 Å². The van der Waals surface area contributed by atoms with E-state index in [0.29, 0.717) is 5.69 Å². The van der Waals surface area contributed by atoms with Crippen LogP contribution in [-0.2, 0) is 0 Å². The predicted molar refractivity (Wildman–Crippen MR) is 52.0 cm³/mol. The van der Waals surface area contributed by atoms with Gasteiger partial charge in [-0.25, -0.2) is 9.97 Å². The van der Waals surface area contributed by atoms with E-state index in [1.807, 2.05) is 0 Å². The first-order chi connectivity index (χ1) is 6.77. The third-order valence-electron chi connectivity index (χ3n) is 1.61. The van der Waals surface area contributed by atoms with Crippen LogP contribution in [0.3, 0.4) is 0 Å². The highest BCUT2D eigenvalue weighted by molar-refractivity contribution is 7.18. The van der Waals surface area contributed by atoms with E-state index < -0.39 is 4.92 Å². The molecule has 2 aromatic rings. The lowest BCUT2D eigenvalue weighted by molar-refractivity contribution is -0.380. The zero-order valence-electron chi connectivity index (χ0n) is 6.95. The Hall–Kier alpha value is -1.82. The van der Waals surface area contributed by atoms with Gasteiger partial charge in [0.1, 0.15) is 6.33 Å². The second kappa shape index (κ2) is 3.51. The van der Waals surface area contributed by atoms with Gasteiger partial charge in [-0.05, 0) is 12.1 Å². The largest absolute Gasteiger partial charge is 0.324 e. The summed E-state index contributed by atoms with van der Waals surface area (Å²) >= 11 is 1.10. The van der Waals surface area contributed by atoms with E-state index in [4.69, 9.17) is 0 Å². The number of hydrogen-bond acceptors (Lipinski definition) is 5. The Bertz CT molecular complexity index is 455. The highest BCUT2D eigenvalue weighted by Gasteiger charge is 2.11. The predicted octanol–water partition coefficient (Wildman–Crippen LogP) is 2.11. The van der Waals surface area contributed by atoms with Gasteiger partial charge >= 0.3 is 5.00 Å². The van der Waals surface area contributed by atoms with Crippen LogP contribution >= 0.6 is 11.3 Å². The van der Waals surface area contributed by atoms with Crippen LogP contribution in [0, 0.1) is 10.1 Å². The fourth-order valence-electron chi connectivity index (χ4n) is 1.000. The quantitative estimate of drug-likeness (QED) is 0.558. The van der Waals surface area contributed by atoms with Crippen molar-refractivity contribution in [3.05, 3.63) is 40.8 Å². The van der Waals surface area contributed by atoms with Crippen molar-refractivity contribution in [2.75, 3.05) is 0 Å². The monoisotopic (exact) mass is 207 g/mol. The number of hydrogen-bond donors (Lipinski definition) is 0. The molecule has 0 saturated carbocycles. The van der Waals surface area contributed by atoms with Gasteiger partial charge in [-0.15, -0.1) is 0 Å². The number of rotatable bonds is 2. The number of thiophene rings is 1. The Kier molecular flexibility index (Phi) is 2.19. The molecular weight excluding hydrogens is 202 g/mol. The molecule has 0 unspecified atom stereocenters. The van der Waals surface area contributed by atoms with Gasteiger partial charge in [0.2, 0.25) is 0 Å². The first kappa shape index (κ1) is 8.76. The van der Waals surface area contributed by atoms with Crippen LogP contribution < -0.4 is 0 Å². The molecule has 0 N–H and O–H groups in total. The highest BCUT2D eigenvalue weighted by atomic mass is 32.1. The van der Waals surface area contributed by atoms with Crippen LogP contribution in [0.25, 0.3) is 10.6 Å². The summed E-state index contributed by atoms with van der Waals surface area (Å²) in [4.78, 5) is 18.6. The van der Waals surface area contributed by atoms with Crippen molar-refractivity contribution in [1.29, 1.82) is 0 Å². The molecule has 2 rings (SSSR count). The molecule has 0 aliphatic rings. The minimum absolute atomic E-state index is 0.124. The highest BCUT2D eigenvalue weighted by Crippen LogP contribution is 2.30. The Labute approximate surface area is 83.2 Å². The van der Waals surface area contributed by atoms with Gasteiger partial charge in [-0.2, -0.15) is 0 Å². The topological polar surface area (TPSA) is 68.9 Å². The maximum Gasteiger partial charge on any atom is 0.324 e. The van der Waals surface area contributed by atoms with Crippen molar-refractivity contribution < 1.29 is 4.92 Å². The van der Waals surface area contributed by atoms with Crippen molar-refractivity contribution in [1.82, 2.24) is 9.97 Å². The maximum absolute atomic E-state index is 10.4. The second-order valence-corrected chi connectivity index (χ2v) is 3.55. The summed E-state index contributed by atoms with van der Waals surface area (Å²) in [6.07, 6.45) is 3.02. The Morgan fingerprint density at radius 2 is 2.21 bits per heavy atom. The van der Waals surface area contributed by atoms with Crippen LogP contribution in [0.1, 0.15) is 0 Å². The standard InChI is InChI=1S/C8H5N3O2S/c12-11(13)8-2-1-7(14-8)6-3-4-9-5-10-6/h1-5H. The fourth-order valence-corrected chi connectivity index (χ4v) is 1.80. The Balaban J connectivity index is 2.39. The summed E-state index contributed by atoms with van der Waals surface area (Å²) in [6.45, 7) is 0. The minimum Gasteiger partial charge on any atom is -0.258 e.